The fraction of sp³-hybridized carbons (Fsp3) is 0.778. The summed E-state index contributed by atoms with van der Waals surface area (Å²) in [7, 11) is -3.25. The molecule has 18 heavy (non-hydrogen) atoms. The van der Waals surface area contributed by atoms with Crippen molar-refractivity contribution in [3.63, 3.8) is 0 Å². The van der Waals surface area contributed by atoms with E-state index < -0.39 is 25.7 Å². The zero-order chi connectivity index (χ0) is 14.0. The molecule has 0 bridgehead atoms. The summed E-state index contributed by atoms with van der Waals surface area (Å²) in [5.74, 6) is -0.663. The van der Waals surface area contributed by atoms with Crippen LogP contribution in [0.15, 0.2) is 0 Å². The lowest BCUT2D eigenvalue weighted by molar-refractivity contribution is -0.150. The second kappa shape index (κ2) is 9.38. The van der Waals surface area contributed by atoms with Crippen LogP contribution in [0.1, 0.15) is 20.3 Å². The van der Waals surface area contributed by atoms with Gasteiger partial charge in [0.05, 0.1) is 25.8 Å². The lowest BCUT2D eigenvalue weighted by Crippen LogP contribution is -2.12. The molecule has 0 fully saturated rings. The third-order valence-electron chi connectivity index (χ3n) is 1.64. The van der Waals surface area contributed by atoms with Gasteiger partial charge >= 0.3 is 18.9 Å². The molecular formula is C9H17O7PS. The first-order valence-electron chi connectivity index (χ1n) is 5.33. The van der Waals surface area contributed by atoms with Crippen molar-refractivity contribution in [3.05, 3.63) is 0 Å². The van der Waals surface area contributed by atoms with Crippen molar-refractivity contribution in [1.29, 1.82) is 0 Å². The van der Waals surface area contributed by atoms with Gasteiger partial charge in [-0.05, 0) is 13.8 Å². The molecule has 0 amide bonds. The van der Waals surface area contributed by atoms with Crippen LogP contribution in [-0.4, -0.2) is 37.4 Å². The zero-order valence-electron chi connectivity index (χ0n) is 10.3. The molecule has 0 aromatic rings. The van der Waals surface area contributed by atoms with E-state index in [-0.39, 0.29) is 25.8 Å². The first-order valence-corrected chi connectivity index (χ1v) is 7.50. The summed E-state index contributed by atoms with van der Waals surface area (Å²) in [6, 6.07) is 0. The van der Waals surface area contributed by atoms with Crippen LogP contribution in [0, 0.1) is 0 Å². The Balaban J connectivity index is 3.99. The van der Waals surface area contributed by atoms with Crippen LogP contribution in [0.3, 0.4) is 0 Å². The van der Waals surface area contributed by atoms with E-state index in [0.717, 1.165) is 0 Å². The quantitative estimate of drug-likeness (QED) is 0.302. The summed E-state index contributed by atoms with van der Waals surface area (Å²) in [6.07, 6.45) is -0.232. The van der Waals surface area contributed by atoms with Gasteiger partial charge in [0.1, 0.15) is 0 Å². The van der Waals surface area contributed by atoms with Gasteiger partial charge in [-0.15, -0.1) is 0 Å². The molecule has 0 unspecified atom stereocenters. The molecule has 7 nitrogen and oxygen atoms in total. The molecule has 0 N–H and O–H groups in total. The number of hydrogen-bond acceptors (Lipinski definition) is 7. The Morgan fingerprint density at radius 3 is 2.11 bits per heavy atom. The molecule has 0 aliphatic heterocycles. The van der Waals surface area contributed by atoms with E-state index in [1.807, 2.05) is 0 Å². The first kappa shape index (κ1) is 17.4. The van der Waals surface area contributed by atoms with E-state index in [2.05, 4.69) is 22.1 Å². The fourth-order valence-corrected chi connectivity index (χ4v) is 2.63. The Morgan fingerprint density at radius 1 is 1.11 bits per heavy atom. The van der Waals surface area contributed by atoms with E-state index in [1.165, 1.54) is 0 Å². The van der Waals surface area contributed by atoms with Gasteiger partial charge in [-0.3, -0.25) is 9.36 Å². The fourth-order valence-electron chi connectivity index (χ4n) is 1.01. The molecule has 0 spiro atoms. The van der Waals surface area contributed by atoms with E-state index in [1.54, 1.807) is 13.8 Å². The lowest BCUT2D eigenvalue weighted by atomic mass is 10.5. The molecule has 0 saturated carbocycles. The van der Waals surface area contributed by atoms with Gasteiger partial charge in [-0.25, -0.2) is 4.79 Å². The number of ether oxygens (including phenoxy) is 2. The van der Waals surface area contributed by atoms with E-state index in [4.69, 9.17) is 9.05 Å². The molecule has 0 aliphatic rings. The van der Waals surface area contributed by atoms with Crippen molar-refractivity contribution < 1.29 is 32.7 Å². The van der Waals surface area contributed by atoms with Crippen molar-refractivity contribution in [1.82, 2.24) is 0 Å². The Morgan fingerprint density at radius 2 is 1.67 bits per heavy atom. The van der Waals surface area contributed by atoms with Crippen molar-refractivity contribution >= 4 is 31.5 Å². The summed E-state index contributed by atoms with van der Waals surface area (Å²) in [4.78, 5) is 21.5. The van der Waals surface area contributed by atoms with Crippen molar-refractivity contribution in [2.75, 3.05) is 26.2 Å². The molecule has 0 aliphatic carbocycles. The molecule has 0 heterocycles. The SMILES string of the molecule is CCOP(=O)(CCC(=O)OCOC(=O)S)OCC. The number of thiol groups is 1. The molecule has 0 atom stereocenters. The largest absolute Gasteiger partial charge is 0.428 e. The highest BCUT2D eigenvalue weighted by atomic mass is 32.1. The van der Waals surface area contributed by atoms with Gasteiger partial charge in [0.2, 0.25) is 6.79 Å². The van der Waals surface area contributed by atoms with Crippen LogP contribution >= 0.6 is 20.2 Å². The molecule has 106 valence electrons. The van der Waals surface area contributed by atoms with Gasteiger partial charge in [0.15, 0.2) is 0 Å². The minimum absolute atomic E-state index is 0.0810. The first-order chi connectivity index (χ1) is 8.43. The number of carbonyl (C=O) groups is 2. The lowest BCUT2D eigenvalue weighted by Gasteiger charge is -2.16. The van der Waals surface area contributed by atoms with Crippen LogP contribution in [0.4, 0.5) is 4.79 Å². The maximum atomic E-state index is 11.9. The number of rotatable bonds is 9. The second-order valence-corrected chi connectivity index (χ2v) is 5.52. The monoisotopic (exact) mass is 300 g/mol. The third-order valence-corrected chi connectivity index (χ3v) is 3.85. The smallest absolute Gasteiger partial charge is 0.367 e. The highest BCUT2D eigenvalue weighted by Crippen LogP contribution is 2.48. The number of esters is 1. The molecule has 0 aromatic heterocycles. The predicted octanol–water partition coefficient (Wildman–Crippen LogP) is 2.21. The molecule has 0 rings (SSSR count). The van der Waals surface area contributed by atoms with Gasteiger partial charge in [0.25, 0.3) is 0 Å². The van der Waals surface area contributed by atoms with Gasteiger partial charge in [-0.2, -0.15) is 0 Å². The molecule has 0 saturated heterocycles. The van der Waals surface area contributed by atoms with Crippen molar-refractivity contribution in [2.24, 2.45) is 0 Å². The second-order valence-electron chi connectivity index (χ2n) is 2.96. The van der Waals surface area contributed by atoms with E-state index >= 15 is 0 Å². The molecule has 9 heteroatoms. The summed E-state index contributed by atoms with van der Waals surface area (Å²) in [6.45, 7) is 3.29. The van der Waals surface area contributed by atoms with Gasteiger partial charge < -0.3 is 18.5 Å². The Hall–Kier alpha value is -0.560. The van der Waals surface area contributed by atoms with Crippen LogP contribution in [0.5, 0.6) is 0 Å². The number of carbonyl (C=O) groups excluding carboxylic acids is 2. The van der Waals surface area contributed by atoms with Crippen LogP contribution < -0.4 is 0 Å². The van der Waals surface area contributed by atoms with Crippen LogP contribution in [0.25, 0.3) is 0 Å². The Bertz CT molecular complexity index is 310. The van der Waals surface area contributed by atoms with Crippen LogP contribution in [0.2, 0.25) is 0 Å². The van der Waals surface area contributed by atoms with Gasteiger partial charge in [0, 0.05) is 0 Å². The van der Waals surface area contributed by atoms with Crippen molar-refractivity contribution in [2.45, 2.75) is 20.3 Å². The normalized spacial score (nSPS) is 11.1. The van der Waals surface area contributed by atoms with E-state index in [0.29, 0.717) is 0 Å². The molecular weight excluding hydrogens is 283 g/mol. The third kappa shape index (κ3) is 8.52. The predicted molar refractivity (Wildman–Crippen MR) is 66.8 cm³/mol. The highest BCUT2D eigenvalue weighted by molar-refractivity contribution is 7.96. The Labute approximate surface area is 111 Å². The average molecular weight is 300 g/mol. The summed E-state index contributed by atoms with van der Waals surface area (Å²) in [5, 5.41) is -0.850. The molecule has 0 radical (unpaired) electrons. The summed E-state index contributed by atoms with van der Waals surface area (Å²) in [5.41, 5.74) is 0. The zero-order valence-corrected chi connectivity index (χ0v) is 12.1. The highest BCUT2D eigenvalue weighted by Gasteiger charge is 2.24. The maximum absolute atomic E-state index is 11.9. The summed E-state index contributed by atoms with van der Waals surface area (Å²) < 4.78 is 30.8. The van der Waals surface area contributed by atoms with E-state index in [9.17, 15) is 14.2 Å². The van der Waals surface area contributed by atoms with Crippen LogP contribution in [-0.2, 0) is 27.9 Å². The average Bonchev–Trinajstić information content (AvgIpc) is 2.27. The Kier molecular flexibility index (Phi) is 9.09. The van der Waals surface area contributed by atoms with Crippen molar-refractivity contribution in [3.8, 4) is 0 Å². The maximum Gasteiger partial charge on any atom is 0.367 e. The molecule has 0 aromatic carbocycles. The minimum atomic E-state index is -3.25. The standard InChI is InChI=1S/C9H17O7PS/c1-3-15-17(12,16-4-2)6-5-8(10)13-7-14-9(11)18/h3-7H2,1-2H3,(H,11,18). The van der Waals surface area contributed by atoms with Gasteiger partial charge in [-0.1, -0.05) is 12.6 Å². The minimum Gasteiger partial charge on any atom is -0.428 e. The topological polar surface area (TPSA) is 88.1 Å². The number of hydrogen-bond donors (Lipinski definition) is 1. The summed E-state index contributed by atoms with van der Waals surface area (Å²) >= 11 is 3.32.